The molecule has 5 nitrogen and oxygen atoms in total. The minimum atomic E-state index is -0.0356. The van der Waals surface area contributed by atoms with Gasteiger partial charge >= 0.3 is 0 Å². The van der Waals surface area contributed by atoms with Gasteiger partial charge in [0.25, 0.3) is 0 Å². The maximum atomic E-state index is 12.2. The third-order valence-corrected chi connectivity index (χ3v) is 3.97. The predicted octanol–water partition coefficient (Wildman–Crippen LogP) is 0.242. The van der Waals surface area contributed by atoms with E-state index in [1.165, 1.54) is 0 Å². The maximum absolute atomic E-state index is 12.2. The van der Waals surface area contributed by atoms with Gasteiger partial charge in [-0.3, -0.25) is 9.59 Å². The molecule has 0 spiro atoms. The van der Waals surface area contributed by atoms with Gasteiger partial charge in [-0.1, -0.05) is 0 Å². The average Bonchev–Trinajstić information content (AvgIpc) is 2.57. The van der Waals surface area contributed by atoms with Crippen LogP contribution in [0.3, 0.4) is 0 Å². The van der Waals surface area contributed by atoms with E-state index in [0.717, 1.165) is 32.1 Å². The van der Waals surface area contributed by atoms with E-state index >= 15 is 0 Å². The van der Waals surface area contributed by atoms with Crippen molar-refractivity contribution in [3.63, 3.8) is 0 Å². The molecule has 2 rings (SSSR count). The molecule has 0 bridgehead atoms. The maximum Gasteiger partial charge on any atom is 0.239 e. The minimum absolute atomic E-state index is 0.0356. The van der Waals surface area contributed by atoms with Crippen LogP contribution in [0.4, 0.5) is 0 Å². The van der Waals surface area contributed by atoms with Crippen molar-refractivity contribution in [2.75, 3.05) is 19.6 Å². The molecule has 18 heavy (non-hydrogen) atoms. The Hall–Kier alpha value is -1.10. The van der Waals surface area contributed by atoms with Gasteiger partial charge in [-0.05, 0) is 38.0 Å². The number of nitrogens with zero attached hydrogens (tertiary/aromatic N) is 1. The van der Waals surface area contributed by atoms with Gasteiger partial charge in [0.2, 0.25) is 11.8 Å². The van der Waals surface area contributed by atoms with Crippen LogP contribution in [0.25, 0.3) is 0 Å². The molecule has 1 aliphatic heterocycles. The summed E-state index contributed by atoms with van der Waals surface area (Å²) < 4.78 is 0. The first-order valence-corrected chi connectivity index (χ1v) is 6.95. The smallest absolute Gasteiger partial charge is 0.239 e. The summed E-state index contributed by atoms with van der Waals surface area (Å²) >= 11 is 0. The van der Waals surface area contributed by atoms with Crippen LogP contribution in [0.15, 0.2) is 0 Å². The van der Waals surface area contributed by atoms with Gasteiger partial charge in [-0.25, -0.2) is 0 Å². The molecule has 2 fully saturated rings. The number of carbonyl (C=O) groups excluding carboxylic acids is 2. The minimum Gasteiger partial charge on any atom is -0.354 e. The molecule has 2 aliphatic rings. The lowest BCUT2D eigenvalue weighted by molar-refractivity contribution is -0.136. The van der Waals surface area contributed by atoms with Crippen molar-refractivity contribution in [1.29, 1.82) is 0 Å². The number of hydrogen-bond acceptors (Lipinski definition) is 3. The Morgan fingerprint density at radius 3 is 2.78 bits per heavy atom. The molecular formula is C13H23N3O2. The van der Waals surface area contributed by atoms with Crippen molar-refractivity contribution >= 4 is 11.8 Å². The quantitative estimate of drug-likeness (QED) is 0.740. The van der Waals surface area contributed by atoms with Crippen LogP contribution >= 0.6 is 0 Å². The van der Waals surface area contributed by atoms with Crippen molar-refractivity contribution in [1.82, 2.24) is 10.2 Å². The van der Waals surface area contributed by atoms with E-state index in [0.29, 0.717) is 31.5 Å². The second kappa shape index (κ2) is 6.18. The molecule has 0 aromatic rings. The number of amides is 2. The van der Waals surface area contributed by atoms with Crippen molar-refractivity contribution in [2.24, 2.45) is 11.7 Å². The first-order valence-electron chi connectivity index (χ1n) is 6.95. The lowest BCUT2D eigenvalue weighted by Crippen LogP contribution is -2.38. The van der Waals surface area contributed by atoms with Crippen molar-refractivity contribution in [3.05, 3.63) is 0 Å². The highest BCUT2D eigenvalue weighted by molar-refractivity contribution is 5.85. The highest BCUT2D eigenvalue weighted by Crippen LogP contribution is 2.26. The first kappa shape index (κ1) is 13.3. The van der Waals surface area contributed by atoms with Crippen molar-refractivity contribution in [3.8, 4) is 0 Å². The third-order valence-electron chi connectivity index (χ3n) is 3.97. The largest absolute Gasteiger partial charge is 0.354 e. The lowest BCUT2D eigenvalue weighted by Gasteiger charge is -2.27. The number of nitrogens with two attached hydrogens (primary N) is 1. The van der Waals surface area contributed by atoms with E-state index in [-0.39, 0.29) is 18.4 Å². The third kappa shape index (κ3) is 3.70. The van der Waals surface area contributed by atoms with Crippen LogP contribution in [0.2, 0.25) is 0 Å². The van der Waals surface area contributed by atoms with E-state index in [1.807, 2.05) is 0 Å². The Morgan fingerprint density at radius 1 is 1.33 bits per heavy atom. The SMILES string of the molecule is NC1CCC(CC(=O)N2CCCNC(=O)C2)CC1. The van der Waals surface area contributed by atoms with Gasteiger partial charge in [-0.15, -0.1) is 0 Å². The molecule has 0 radical (unpaired) electrons. The van der Waals surface area contributed by atoms with E-state index < -0.39 is 0 Å². The molecular weight excluding hydrogens is 230 g/mol. The molecule has 0 aromatic heterocycles. The summed E-state index contributed by atoms with van der Waals surface area (Å²) in [4.78, 5) is 25.3. The van der Waals surface area contributed by atoms with E-state index in [2.05, 4.69) is 5.32 Å². The van der Waals surface area contributed by atoms with Gasteiger partial charge < -0.3 is 16.0 Å². The Kier molecular flexibility index (Phi) is 4.58. The Labute approximate surface area is 108 Å². The summed E-state index contributed by atoms with van der Waals surface area (Å²) in [5, 5.41) is 2.79. The van der Waals surface area contributed by atoms with Crippen LogP contribution in [-0.2, 0) is 9.59 Å². The van der Waals surface area contributed by atoms with Crippen LogP contribution in [0, 0.1) is 5.92 Å². The molecule has 3 N–H and O–H groups in total. The molecule has 2 amide bonds. The lowest BCUT2D eigenvalue weighted by atomic mass is 9.84. The van der Waals surface area contributed by atoms with E-state index in [1.54, 1.807) is 4.90 Å². The highest BCUT2D eigenvalue weighted by Gasteiger charge is 2.25. The Balaban J connectivity index is 1.81. The predicted molar refractivity (Wildman–Crippen MR) is 68.8 cm³/mol. The fourth-order valence-corrected chi connectivity index (χ4v) is 2.79. The van der Waals surface area contributed by atoms with Crippen LogP contribution in [-0.4, -0.2) is 42.4 Å². The van der Waals surface area contributed by atoms with Crippen molar-refractivity contribution < 1.29 is 9.59 Å². The molecule has 5 heteroatoms. The van der Waals surface area contributed by atoms with Crippen LogP contribution < -0.4 is 11.1 Å². The van der Waals surface area contributed by atoms with Gasteiger partial charge in [0.1, 0.15) is 0 Å². The van der Waals surface area contributed by atoms with Crippen molar-refractivity contribution in [2.45, 2.75) is 44.6 Å². The molecule has 0 atom stereocenters. The normalized spacial score (nSPS) is 29.6. The van der Waals surface area contributed by atoms with Gasteiger partial charge in [0.15, 0.2) is 0 Å². The zero-order chi connectivity index (χ0) is 13.0. The average molecular weight is 253 g/mol. The topological polar surface area (TPSA) is 75.4 Å². The van der Waals surface area contributed by atoms with Crippen LogP contribution in [0.1, 0.15) is 38.5 Å². The highest BCUT2D eigenvalue weighted by atomic mass is 16.2. The molecule has 1 aliphatic carbocycles. The summed E-state index contributed by atoms with van der Waals surface area (Å²) in [5.74, 6) is 0.558. The number of rotatable bonds is 2. The fourth-order valence-electron chi connectivity index (χ4n) is 2.79. The number of carbonyl (C=O) groups is 2. The monoisotopic (exact) mass is 253 g/mol. The zero-order valence-electron chi connectivity index (χ0n) is 10.9. The van der Waals surface area contributed by atoms with E-state index in [9.17, 15) is 9.59 Å². The van der Waals surface area contributed by atoms with Crippen LogP contribution in [0.5, 0.6) is 0 Å². The summed E-state index contributed by atoms with van der Waals surface area (Å²) in [7, 11) is 0. The first-order chi connectivity index (χ1) is 8.65. The van der Waals surface area contributed by atoms with E-state index in [4.69, 9.17) is 5.73 Å². The summed E-state index contributed by atoms with van der Waals surface area (Å²) in [6, 6.07) is 0.320. The Morgan fingerprint density at radius 2 is 2.06 bits per heavy atom. The molecule has 0 unspecified atom stereocenters. The molecule has 1 heterocycles. The second-order valence-electron chi connectivity index (χ2n) is 5.50. The second-order valence-corrected chi connectivity index (χ2v) is 5.50. The number of nitrogens with one attached hydrogen (secondary N) is 1. The molecule has 102 valence electrons. The zero-order valence-corrected chi connectivity index (χ0v) is 10.9. The fraction of sp³-hybridized carbons (Fsp3) is 0.846. The number of hydrogen-bond donors (Lipinski definition) is 2. The Bertz CT molecular complexity index is 311. The molecule has 1 saturated carbocycles. The summed E-state index contributed by atoms with van der Waals surface area (Å²) in [6.07, 6.45) is 5.59. The van der Waals surface area contributed by atoms with Gasteiger partial charge in [-0.2, -0.15) is 0 Å². The molecule has 0 aromatic carbocycles. The van der Waals surface area contributed by atoms with Gasteiger partial charge in [0, 0.05) is 25.6 Å². The standard InChI is InChI=1S/C13H23N3O2/c14-11-4-2-10(3-5-11)8-13(18)16-7-1-6-15-12(17)9-16/h10-11H,1-9,14H2,(H,15,17). The van der Waals surface area contributed by atoms with Gasteiger partial charge in [0.05, 0.1) is 6.54 Å². The summed E-state index contributed by atoms with van der Waals surface area (Å²) in [5.41, 5.74) is 5.86. The molecule has 1 saturated heterocycles. The summed E-state index contributed by atoms with van der Waals surface area (Å²) in [6.45, 7) is 1.61.